The summed E-state index contributed by atoms with van der Waals surface area (Å²) in [6.07, 6.45) is 6.05. The molecule has 0 saturated carbocycles. The second-order valence-corrected chi connectivity index (χ2v) is 11.6. The van der Waals surface area contributed by atoms with Crippen LogP contribution in [0.1, 0.15) is 49.4 Å². The summed E-state index contributed by atoms with van der Waals surface area (Å²) in [7, 11) is 0. The molecule has 1 unspecified atom stereocenters. The number of aliphatic imine (C=N–C) groups is 1. The molecule has 6 rings (SSSR count). The molecule has 234 valence electrons. The fourth-order valence-electron chi connectivity index (χ4n) is 5.68. The standard InChI is InChI=1S/C35H38ClFN6O2/c1-4-42(5-2)15-16-45-41-33-12-9-25-20-43(21-30(25)33)28-11-13-32-29(19-28)35(39-23(3)38-32)40-27-10-14-34(31(36)18-27)44-22-24-7-6-8-26(37)17-24/h6-8,10-11,13-14,17-21,23,38H,4-5,9,12,15-16,22H2,1-3H3,(H,39,40)/b41-33-. The van der Waals surface area contributed by atoms with Crippen LogP contribution in [0, 0.1) is 5.82 Å². The number of aryl methyl sites for hydroxylation is 1. The number of amidine groups is 1. The Morgan fingerprint density at radius 2 is 1.93 bits per heavy atom. The molecule has 8 nitrogen and oxygen atoms in total. The highest BCUT2D eigenvalue weighted by Crippen LogP contribution is 2.32. The van der Waals surface area contributed by atoms with Gasteiger partial charge in [0, 0.05) is 47.1 Å². The van der Waals surface area contributed by atoms with E-state index in [2.05, 4.69) is 69.7 Å². The number of aromatic nitrogens is 1. The Morgan fingerprint density at radius 1 is 1.07 bits per heavy atom. The summed E-state index contributed by atoms with van der Waals surface area (Å²) < 4.78 is 21.5. The fourth-order valence-corrected chi connectivity index (χ4v) is 5.91. The average Bonchev–Trinajstić information content (AvgIpc) is 3.62. The van der Waals surface area contributed by atoms with Gasteiger partial charge in [-0.1, -0.05) is 42.7 Å². The summed E-state index contributed by atoms with van der Waals surface area (Å²) >= 11 is 6.58. The van der Waals surface area contributed by atoms with Crippen molar-refractivity contribution in [3.05, 3.63) is 106 Å². The van der Waals surface area contributed by atoms with Gasteiger partial charge in [0.2, 0.25) is 0 Å². The van der Waals surface area contributed by atoms with E-state index in [0.29, 0.717) is 17.4 Å². The second kappa shape index (κ2) is 13.7. The molecule has 4 aromatic rings. The Morgan fingerprint density at radius 3 is 2.73 bits per heavy atom. The van der Waals surface area contributed by atoms with Crippen molar-refractivity contribution < 1.29 is 14.0 Å². The number of nitrogens with one attached hydrogen (secondary N) is 2. The van der Waals surface area contributed by atoms with Crippen molar-refractivity contribution in [2.75, 3.05) is 36.9 Å². The minimum atomic E-state index is -0.298. The molecule has 10 heteroatoms. The molecular formula is C35H38ClFN6O2. The van der Waals surface area contributed by atoms with E-state index >= 15 is 0 Å². The van der Waals surface area contributed by atoms with Crippen LogP contribution in [-0.4, -0.2) is 53.4 Å². The Balaban J connectivity index is 1.16. The molecule has 3 aromatic carbocycles. The van der Waals surface area contributed by atoms with Crippen LogP contribution >= 0.6 is 11.6 Å². The number of hydrogen-bond donors (Lipinski definition) is 2. The first-order valence-corrected chi connectivity index (χ1v) is 15.8. The third-order valence-corrected chi connectivity index (χ3v) is 8.44. The molecule has 0 spiro atoms. The lowest BCUT2D eigenvalue weighted by Gasteiger charge is -2.25. The van der Waals surface area contributed by atoms with Crippen LogP contribution in [0.25, 0.3) is 5.69 Å². The van der Waals surface area contributed by atoms with Crippen LogP contribution in [0.4, 0.5) is 15.8 Å². The zero-order valence-electron chi connectivity index (χ0n) is 25.8. The van der Waals surface area contributed by atoms with Crippen LogP contribution in [-0.2, 0) is 17.9 Å². The zero-order valence-corrected chi connectivity index (χ0v) is 26.6. The van der Waals surface area contributed by atoms with Crippen molar-refractivity contribution in [3.8, 4) is 11.4 Å². The van der Waals surface area contributed by atoms with E-state index in [1.54, 1.807) is 12.1 Å². The highest BCUT2D eigenvalue weighted by molar-refractivity contribution is 6.32. The van der Waals surface area contributed by atoms with Gasteiger partial charge in [-0.2, -0.15) is 0 Å². The molecule has 0 fully saturated rings. The number of oxime groups is 1. The highest BCUT2D eigenvalue weighted by Gasteiger charge is 2.23. The van der Waals surface area contributed by atoms with Crippen LogP contribution < -0.4 is 15.4 Å². The van der Waals surface area contributed by atoms with Gasteiger partial charge in [-0.05, 0) is 92.5 Å². The van der Waals surface area contributed by atoms with Crippen molar-refractivity contribution in [1.29, 1.82) is 0 Å². The predicted octanol–water partition coefficient (Wildman–Crippen LogP) is 7.49. The first-order valence-electron chi connectivity index (χ1n) is 15.5. The molecule has 0 amide bonds. The number of fused-ring (bicyclic) bond motifs is 2. The van der Waals surface area contributed by atoms with Gasteiger partial charge in [0.15, 0.2) is 0 Å². The first-order chi connectivity index (χ1) is 21.9. The number of nitrogens with zero attached hydrogens (tertiary/aromatic N) is 4. The van der Waals surface area contributed by atoms with Gasteiger partial charge in [-0.15, -0.1) is 0 Å². The van der Waals surface area contributed by atoms with Gasteiger partial charge in [0.05, 0.1) is 10.7 Å². The summed E-state index contributed by atoms with van der Waals surface area (Å²) in [5, 5.41) is 11.9. The van der Waals surface area contributed by atoms with Crippen molar-refractivity contribution in [3.63, 3.8) is 0 Å². The highest BCUT2D eigenvalue weighted by atomic mass is 35.5. The second-order valence-electron chi connectivity index (χ2n) is 11.2. The monoisotopic (exact) mass is 628 g/mol. The predicted molar refractivity (Wildman–Crippen MR) is 180 cm³/mol. The summed E-state index contributed by atoms with van der Waals surface area (Å²) in [5.74, 6) is 0.965. The molecule has 0 saturated heterocycles. The first kappa shape index (κ1) is 30.7. The Labute approximate surface area is 268 Å². The van der Waals surface area contributed by atoms with Gasteiger partial charge < -0.3 is 29.7 Å². The van der Waals surface area contributed by atoms with E-state index < -0.39 is 0 Å². The van der Waals surface area contributed by atoms with Crippen molar-refractivity contribution in [1.82, 2.24) is 9.47 Å². The van der Waals surface area contributed by atoms with Gasteiger partial charge in [0.25, 0.3) is 0 Å². The SMILES string of the molecule is CCN(CC)CCO/N=C1/CCc2cn(-c3ccc4c(c3)C(Nc3ccc(OCc5cccc(F)c5)c(Cl)c3)=NC(C)N4)cc21. The van der Waals surface area contributed by atoms with E-state index in [1.807, 2.05) is 25.1 Å². The Bertz CT molecular complexity index is 1730. The molecule has 2 aliphatic rings. The van der Waals surface area contributed by atoms with Crippen LogP contribution in [0.5, 0.6) is 5.75 Å². The maximum absolute atomic E-state index is 13.5. The summed E-state index contributed by atoms with van der Waals surface area (Å²) in [5.41, 5.74) is 7.90. The van der Waals surface area contributed by atoms with Gasteiger partial charge in [-0.3, -0.25) is 0 Å². The van der Waals surface area contributed by atoms with Crippen molar-refractivity contribution in [2.45, 2.75) is 46.4 Å². The van der Waals surface area contributed by atoms with Gasteiger partial charge in [0.1, 0.15) is 36.8 Å². The smallest absolute Gasteiger partial charge is 0.138 e. The normalized spacial score (nSPS) is 16.3. The number of halogens is 2. The summed E-state index contributed by atoms with van der Waals surface area (Å²) in [6, 6.07) is 18.2. The van der Waals surface area contributed by atoms with E-state index in [9.17, 15) is 4.39 Å². The van der Waals surface area contributed by atoms with E-state index in [0.717, 1.165) is 77.8 Å². The minimum absolute atomic E-state index is 0.105. The number of anilines is 2. The van der Waals surface area contributed by atoms with Crippen LogP contribution in [0.3, 0.4) is 0 Å². The lowest BCUT2D eigenvalue weighted by molar-refractivity contribution is 0.114. The Hall–Kier alpha value is -4.34. The molecule has 2 N–H and O–H groups in total. The van der Waals surface area contributed by atoms with E-state index in [1.165, 1.54) is 17.7 Å². The largest absolute Gasteiger partial charge is 0.487 e. The molecular weight excluding hydrogens is 591 g/mol. The third kappa shape index (κ3) is 7.16. The molecule has 0 bridgehead atoms. The lowest BCUT2D eigenvalue weighted by atomic mass is 10.1. The summed E-state index contributed by atoms with van der Waals surface area (Å²) in [6.45, 7) is 10.0. The number of likely N-dealkylation sites (N-methyl/N-ethyl adjacent to an activating group) is 1. The molecule has 2 heterocycles. The van der Waals surface area contributed by atoms with Crippen molar-refractivity contribution >= 4 is 34.5 Å². The molecule has 1 aliphatic heterocycles. The summed E-state index contributed by atoms with van der Waals surface area (Å²) in [4.78, 5) is 12.9. The molecule has 1 aromatic heterocycles. The van der Waals surface area contributed by atoms with Crippen LogP contribution in [0.2, 0.25) is 5.02 Å². The fraction of sp³-hybridized carbons (Fsp3) is 0.314. The number of benzene rings is 3. The topological polar surface area (TPSA) is 75.4 Å². The minimum Gasteiger partial charge on any atom is -0.487 e. The molecule has 1 aliphatic carbocycles. The maximum Gasteiger partial charge on any atom is 0.138 e. The van der Waals surface area contributed by atoms with Gasteiger partial charge >= 0.3 is 0 Å². The maximum atomic E-state index is 13.5. The zero-order chi connectivity index (χ0) is 31.3. The molecule has 0 radical (unpaired) electrons. The van der Waals surface area contributed by atoms with E-state index in [-0.39, 0.29) is 18.6 Å². The van der Waals surface area contributed by atoms with Crippen LogP contribution in [0.15, 0.2) is 83.2 Å². The van der Waals surface area contributed by atoms with E-state index in [4.69, 9.17) is 26.2 Å². The average molecular weight is 629 g/mol. The molecule has 1 atom stereocenters. The lowest BCUT2D eigenvalue weighted by Crippen LogP contribution is -2.27. The van der Waals surface area contributed by atoms with Crippen molar-refractivity contribution in [2.24, 2.45) is 10.1 Å². The number of ether oxygens (including phenoxy) is 1. The quantitative estimate of drug-likeness (QED) is 0.133. The van der Waals surface area contributed by atoms with Gasteiger partial charge in [-0.25, -0.2) is 9.38 Å². The molecule has 45 heavy (non-hydrogen) atoms. The Kier molecular flexibility index (Phi) is 9.37. The third-order valence-electron chi connectivity index (χ3n) is 8.14. The number of hydrogen-bond acceptors (Lipinski definition) is 7. The number of rotatable bonds is 11.